The van der Waals surface area contributed by atoms with Crippen LogP contribution in [-0.4, -0.2) is 18.4 Å². The van der Waals surface area contributed by atoms with Crippen LogP contribution in [-0.2, 0) is 9.59 Å². The second kappa shape index (κ2) is 8.94. The lowest BCUT2D eigenvalue weighted by molar-refractivity contribution is -0.128. The van der Waals surface area contributed by atoms with E-state index in [4.69, 9.17) is 10.00 Å². The van der Waals surface area contributed by atoms with Crippen molar-refractivity contribution in [3.63, 3.8) is 0 Å². The van der Waals surface area contributed by atoms with Crippen molar-refractivity contribution >= 4 is 17.9 Å². The minimum atomic E-state index is -0.817. The highest BCUT2D eigenvalue weighted by Crippen LogP contribution is 2.16. The van der Waals surface area contributed by atoms with Gasteiger partial charge in [0.05, 0.1) is 5.56 Å². The molecule has 0 aliphatic heterocycles. The molecule has 6 nitrogen and oxygen atoms in total. The fourth-order valence-electron chi connectivity index (χ4n) is 1.87. The fraction of sp³-hybridized carbons (Fsp3) is 0.0556. The zero-order valence-electron chi connectivity index (χ0n) is 13.3. The van der Waals surface area contributed by atoms with Gasteiger partial charge in [-0.2, -0.15) is 5.26 Å². The predicted molar refractivity (Wildman–Crippen MR) is 88.3 cm³/mol. The number of carbonyl (C=O) groups is 2. The minimum absolute atomic E-state index is 0.228. The Bertz CT molecular complexity index is 871. The molecule has 0 bridgehead atoms. The first-order chi connectivity index (χ1) is 12.5. The van der Waals surface area contributed by atoms with E-state index in [0.29, 0.717) is 0 Å². The highest BCUT2D eigenvalue weighted by molar-refractivity contribution is 5.93. The fourth-order valence-corrected chi connectivity index (χ4v) is 1.87. The number of ether oxygens (including phenoxy) is 1. The predicted octanol–water partition coefficient (Wildman–Crippen LogP) is 2.08. The Kier molecular flexibility index (Phi) is 6.40. The van der Waals surface area contributed by atoms with E-state index in [2.05, 4.69) is 5.43 Å². The highest BCUT2D eigenvalue weighted by atomic mass is 19.1. The number of hydrogen-bond donors (Lipinski definition) is 2. The van der Waals surface area contributed by atoms with Crippen LogP contribution < -0.4 is 15.6 Å². The van der Waals surface area contributed by atoms with Gasteiger partial charge in [0.1, 0.15) is 23.5 Å². The summed E-state index contributed by atoms with van der Waals surface area (Å²) in [7, 11) is 0. The van der Waals surface area contributed by atoms with E-state index >= 15 is 0 Å². The summed E-state index contributed by atoms with van der Waals surface area (Å²) < 4.78 is 32.0. The van der Waals surface area contributed by atoms with Crippen LogP contribution in [0.25, 0.3) is 6.08 Å². The van der Waals surface area contributed by atoms with Gasteiger partial charge < -0.3 is 4.74 Å². The van der Waals surface area contributed by atoms with E-state index in [1.54, 1.807) is 12.1 Å². The summed E-state index contributed by atoms with van der Waals surface area (Å²) in [4.78, 5) is 23.2. The van der Waals surface area contributed by atoms with Crippen molar-refractivity contribution in [1.82, 2.24) is 10.9 Å². The van der Waals surface area contributed by atoms with Crippen molar-refractivity contribution in [3.05, 3.63) is 71.3 Å². The number of nitriles is 1. The van der Waals surface area contributed by atoms with Gasteiger partial charge in [0.15, 0.2) is 6.61 Å². The summed E-state index contributed by atoms with van der Waals surface area (Å²) in [6.07, 6.45) is 1.82. The molecule has 0 spiro atoms. The van der Waals surface area contributed by atoms with Crippen LogP contribution in [0.2, 0.25) is 0 Å². The van der Waals surface area contributed by atoms with E-state index < -0.39 is 30.1 Å². The van der Waals surface area contributed by atoms with Crippen molar-refractivity contribution in [2.75, 3.05) is 6.61 Å². The molecule has 0 fully saturated rings. The number of amides is 2. The molecule has 0 radical (unpaired) electrons. The third-order valence-electron chi connectivity index (χ3n) is 3.09. The zero-order chi connectivity index (χ0) is 18.9. The van der Waals surface area contributed by atoms with Crippen LogP contribution in [0.3, 0.4) is 0 Å². The zero-order valence-corrected chi connectivity index (χ0v) is 13.3. The Morgan fingerprint density at radius 2 is 1.77 bits per heavy atom. The molecule has 0 saturated carbocycles. The highest BCUT2D eigenvalue weighted by Gasteiger charge is 2.08. The molecule has 26 heavy (non-hydrogen) atoms. The third-order valence-corrected chi connectivity index (χ3v) is 3.09. The molecule has 0 unspecified atom stereocenters. The average molecular weight is 357 g/mol. The van der Waals surface area contributed by atoms with Crippen LogP contribution >= 0.6 is 0 Å². The summed E-state index contributed by atoms with van der Waals surface area (Å²) in [5.41, 5.74) is 4.00. The second-order valence-electron chi connectivity index (χ2n) is 4.90. The molecular weight excluding hydrogens is 344 g/mol. The van der Waals surface area contributed by atoms with Crippen LogP contribution in [0.4, 0.5) is 8.78 Å². The summed E-state index contributed by atoms with van der Waals surface area (Å²) in [5, 5.41) is 8.90. The number of halogens is 2. The lowest BCUT2D eigenvalue weighted by Gasteiger charge is -2.08. The molecule has 2 amide bonds. The van der Waals surface area contributed by atoms with Gasteiger partial charge in [-0.15, -0.1) is 0 Å². The lowest BCUT2D eigenvalue weighted by Crippen LogP contribution is -2.43. The van der Waals surface area contributed by atoms with E-state index in [0.717, 1.165) is 24.3 Å². The Balaban J connectivity index is 1.83. The number of nitrogens with one attached hydrogen (secondary N) is 2. The van der Waals surface area contributed by atoms with Gasteiger partial charge in [0, 0.05) is 11.6 Å². The third kappa shape index (κ3) is 5.14. The smallest absolute Gasteiger partial charge is 0.276 e. The summed E-state index contributed by atoms with van der Waals surface area (Å²) in [5.74, 6) is -2.88. The quantitative estimate of drug-likeness (QED) is 0.633. The average Bonchev–Trinajstić information content (AvgIpc) is 2.64. The molecule has 8 heteroatoms. The standard InChI is InChI=1S/C18H13F2N3O3/c19-14-5-3-6-15(20)13(14)8-9-17(24)22-23-18(25)11-26-16-7-2-1-4-12(16)10-21/h1-9H,11H2,(H,22,24)(H,23,25)/b9-8+. The van der Waals surface area contributed by atoms with Crippen LogP contribution in [0.1, 0.15) is 11.1 Å². The van der Waals surface area contributed by atoms with E-state index in [1.165, 1.54) is 18.2 Å². The van der Waals surface area contributed by atoms with Crippen molar-refractivity contribution < 1.29 is 23.1 Å². The molecule has 2 aromatic rings. The Labute approximate surface area is 147 Å². The summed E-state index contributed by atoms with van der Waals surface area (Å²) in [6.45, 7) is -0.440. The van der Waals surface area contributed by atoms with Gasteiger partial charge in [0.2, 0.25) is 0 Å². The Morgan fingerprint density at radius 1 is 1.08 bits per heavy atom. The van der Waals surface area contributed by atoms with Gasteiger partial charge in [0.25, 0.3) is 11.8 Å². The van der Waals surface area contributed by atoms with Crippen molar-refractivity contribution in [1.29, 1.82) is 5.26 Å². The Hall–Kier alpha value is -3.73. The van der Waals surface area contributed by atoms with Crippen LogP contribution in [0, 0.1) is 23.0 Å². The minimum Gasteiger partial charge on any atom is -0.482 e. The maximum absolute atomic E-state index is 13.4. The maximum Gasteiger partial charge on any atom is 0.276 e. The van der Waals surface area contributed by atoms with E-state index in [9.17, 15) is 18.4 Å². The van der Waals surface area contributed by atoms with Crippen molar-refractivity contribution in [3.8, 4) is 11.8 Å². The van der Waals surface area contributed by atoms with Gasteiger partial charge in [-0.05, 0) is 30.3 Å². The normalized spacial score (nSPS) is 10.2. The maximum atomic E-state index is 13.4. The van der Waals surface area contributed by atoms with Gasteiger partial charge in [-0.25, -0.2) is 8.78 Å². The van der Waals surface area contributed by atoms with Crippen molar-refractivity contribution in [2.24, 2.45) is 0 Å². The van der Waals surface area contributed by atoms with Gasteiger partial charge in [-0.1, -0.05) is 18.2 Å². The van der Waals surface area contributed by atoms with Crippen LogP contribution in [0.5, 0.6) is 5.75 Å². The van der Waals surface area contributed by atoms with Gasteiger partial charge >= 0.3 is 0 Å². The second-order valence-corrected chi connectivity index (χ2v) is 4.90. The number of rotatable bonds is 5. The molecule has 0 aliphatic rings. The monoisotopic (exact) mass is 357 g/mol. The number of para-hydroxylation sites is 1. The number of benzene rings is 2. The Morgan fingerprint density at radius 3 is 2.46 bits per heavy atom. The number of carbonyl (C=O) groups excluding carboxylic acids is 2. The first kappa shape index (κ1) is 18.6. The molecule has 0 heterocycles. The van der Waals surface area contributed by atoms with Gasteiger partial charge in [-0.3, -0.25) is 20.4 Å². The topological polar surface area (TPSA) is 91.2 Å². The van der Waals surface area contributed by atoms with E-state index in [-0.39, 0.29) is 16.9 Å². The first-order valence-corrected chi connectivity index (χ1v) is 7.34. The van der Waals surface area contributed by atoms with E-state index in [1.807, 2.05) is 11.5 Å². The number of hydrazine groups is 1. The first-order valence-electron chi connectivity index (χ1n) is 7.34. The molecule has 2 N–H and O–H groups in total. The molecular formula is C18H13F2N3O3. The lowest BCUT2D eigenvalue weighted by atomic mass is 10.2. The molecule has 132 valence electrons. The largest absolute Gasteiger partial charge is 0.482 e. The summed E-state index contributed by atoms with van der Waals surface area (Å²) in [6, 6.07) is 11.6. The molecule has 2 aromatic carbocycles. The molecule has 0 aliphatic carbocycles. The molecule has 0 saturated heterocycles. The molecule has 0 aromatic heterocycles. The number of hydrogen-bond acceptors (Lipinski definition) is 4. The molecule has 0 atom stereocenters. The number of nitrogens with zero attached hydrogens (tertiary/aromatic N) is 1. The molecule has 2 rings (SSSR count). The summed E-state index contributed by atoms with van der Waals surface area (Å²) >= 11 is 0. The van der Waals surface area contributed by atoms with Crippen LogP contribution in [0.15, 0.2) is 48.5 Å². The van der Waals surface area contributed by atoms with Crippen molar-refractivity contribution in [2.45, 2.75) is 0 Å². The SMILES string of the molecule is N#Cc1ccccc1OCC(=O)NNC(=O)/C=C/c1c(F)cccc1F.